The van der Waals surface area contributed by atoms with Crippen LogP contribution in [0.1, 0.15) is 30.7 Å². The minimum atomic E-state index is -3.89. The van der Waals surface area contributed by atoms with Crippen molar-refractivity contribution in [3.05, 3.63) is 81.8 Å². The van der Waals surface area contributed by atoms with Crippen molar-refractivity contribution in [1.82, 2.24) is 0 Å². The van der Waals surface area contributed by atoms with Gasteiger partial charge in [-0.3, -0.25) is 9.69 Å². The van der Waals surface area contributed by atoms with E-state index in [0.29, 0.717) is 46.8 Å². The largest absolute Gasteiger partial charge is 0.466 e. The number of ketones is 1. The average molecular weight is 488 g/mol. The van der Waals surface area contributed by atoms with Crippen LogP contribution in [0.15, 0.2) is 76.1 Å². The molecule has 1 aliphatic carbocycles. The first kappa shape index (κ1) is 23.0. The molecule has 1 heterocycles. The molecular weight excluding hydrogens is 466 g/mol. The molecule has 172 valence electrons. The number of nitrogens with two attached hydrogens (primary N) is 2. The molecule has 0 aromatic heterocycles. The van der Waals surface area contributed by atoms with Gasteiger partial charge in [0.1, 0.15) is 5.82 Å². The minimum Gasteiger partial charge on any atom is -0.466 e. The number of primary sulfonamides is 1. The fraction of sp³-hybridized carbons (Fsp3) is 0.217. The summed E-state index contributed by atoms with van der Waals surface area (Å²) in [6, 6.07) is 12.7. The first-order valence-electron chi connectivity index (χ1n) is 10.2. The lowest BCUT2D eigenvalue weighted by atomic mass is 9.75. The van der Waals surface area contributed by atoms with E-state index < -0.39 is 21.9 Å². The molecular formula is C23H22ClN3O5S. The molecule has 0 spiro atoms. The molecule has 0 unspecified atom stereocenters. The zero-order valence-corrected chi connectivity index (χ0v) is 19.3. The summed E-state index contributed by atoms with van der Waals surface area (Å²) in [7, 11) is -2.64. The number of methoxy groups -OCH3 is 1. The number of nitrogens with zero attached hydrogens (tertiary/aromatic N) is 1. The second kappa shape index (κ2) is 8.66. The fourth-order valence-electron chi connectivity index (χ4n) is 4.37. The Balaban J connectivity index is 1.96. The van der Waals surface area contributed by atoms with Crippen LogP contribution in [0, 0.1) is 0 Å². The first-order chi connectivity index (χ1) is 15.6. The number of carbonyl (C=O) groups is 2. The van der Waals surface area contributed by atoms with Crippen LogP contribution in [-0.2, 0) is 24.3 Å². The van der Waals surface area contributed by atoms with E-state index in [1.165, 1.54) is 31.4 Å². The predicted molar refractivity (Wildman–Crippen MR) is 124 cm³/mol. The number of Topliss-reactive ketones (excluding diaryl/α,β-unsaturated/α-hetero) is 1. The Bertz CT molecular complexity index is 1300. The van der Waals surface area contributed by atoms with Crippen molar-refractivity contribution in [2.75, 3.05) is 12.0 Å². The van der Waals surface area contributed by atoms with Gasteiger partial charge in [-0.25, -0.2) is 18.4 Å². The van der Waals surface area contributed by atoms with Crippen LogP contribution in [0.4, 0.5) is 5.69 Å². The van der Waals surface area contributed by atoms with Gasteiger partial charge in [-0.05, 0) is 54.8 Å². The van der Waals surface area contributed by atoms with Gasteiger partial charge in [-0.2, -0.15) is 0 Å². The molecule has 8 nitrogen and oxygen atoms in total. The number of anilines is 1. The highest BCUT2D eigenvalue weighted by Crippen LogP contribution is 2.46. The highest BCUT2D eigenvalue weighted by molar-refractivity contribution is 7.89. The molecule has 0 saturated heterocycles. The summed E-state index contributed by atoms with van der Waals surface area (Å²) in [6.07, 6.45) is 1.52. The fourth-order valence-corrected chi connectivity index (χ4v) is 5.01. The lowest BCUT2D eigenvalue weighted by Gasteiger charge is -2.40. The van der Waals surface area contributed by atoms with Gasteiger partial charge in [0.25, 0.3) is 0 Å². The Labute approximate surface area is 196 Å². The van der Waals surface area contributed by atoms with Crippen LogP contribution in [-0.4, -0.2) is 27.3 Å². The maximum absolute atomic E-state index is 13.2. The van der Waals surface area contributed by atoms with Crippen LogP contribution in [0.2, 0.25) is 5.02 Å². The zero-order chi connectivity index (χ0) is 23.9. The SMILES string of the molecule is COC(=O)C1=C(N)N(c2ccc(S(N)(=O)=O)cc2)C2=C(C(=O)CCC2)[C@@H]1c1ccc(Cl)cc1. The van der Waals surface area contributed by atoms with Gasteiger partial charge in [-0.1, -0.05) is 23.7 Å². The van der Waals surface area contributed by atoms with E-state index >= 15 is 0 Å². The summed E-state index contributed by atoms with van der Waals surface area (Å²) in [5.41, 5.74) is 9.01. The van der Waals surface area contributed by atoms with Crippen LogP contribution in [0.5, 0.6) is 0 Å². The van der Waals surface area contributed by atoms with Crippen LogP contribution in [0.25, 0.3) is 0 Å². The normalized spacial score (nSPS) is 18.9. The van der Waals surface area contributed by atoms with E-state index in [0.717, 1.165) is 0 Å². The highest BCUT2D eigenvalue weighted by atomic mass is 35.5. The molecule has 33 heavy (non-hydrogen) atoms. The van der Waals surface area contributed by atoms with Crippen molar-refractivity contribution in [1.29, 1.82) is 0 Å². The summed E-state index contributed by atoms with van der Waals surface area (Å²) in [5.74, 6) is -1.35. The van der Waals surface area contributed by atoms with E-state index in [9.17, 15) is 18.0 Å². The monoisotopic (exact) mass is 487 g/mol. The number of allylic oxidation sites excluding steroid dienone is 2. The van der Waals surface area contributed by atoms with Crippen molar-refractivity contribution in [2.24, 2.45) is 10.9 Å². The smallest absolute Gasteiger partial charge is 0.338 e. The zero-order valence-electron chi connectivity index (χ0n) is 17.7. The van der Waals surface area contributed by atoms with Crippen molar-refractivity contribution in [3.8, 4) is 0 Å². The van der Waals surface area contributed by atoms with Crippen LogP contribution in [0.3, 0.4) is 0 Å². The summed E-state index contributed by atoms with van der Waals surface area (Å²) in [5, 5.41) is 5.73. The standard InChI is InChI=1S/C23H22ClN3O5S/c1-32-23(29)21-19(13-5-7-14(24)8-6-13)20-17(3-2-4-18(20)28)27(22(21)25)15-9-11-16(12-10-15)33(26,30)31/h5-12,19H,2-4,25H2,1H3,(H2,26,30,31)/t19-/m0/s1. The van der Waals surface area contributed by atoms with Crippen molar-refractivity contribution >= 4 is 39.1 Å². The number of sulfonamides is 1. The quantitative estimate of drug-likeness (QED) is 0.633. The molecule has 2 aromatic carbocycles. The lowest BCUT2D eigenvalue weighted by molar-refractivity contribution is -0.136. The summed E-state index contributed by atoms with van der Waals surface area (Å²) >= 11 is 6.05. The van der Waals surface area contributed by atoms with Crippen LogP contribution < -0.4 is 15.8 Å². The van der Waals surface area contributed by atoms with Gasteiger partial charge < -0.3 is 10.5 Å². The number of rotatable bonds is 4. The van der Waals surface area contributed by atoms with Crippen molar-refractivity contribution < 1.29 is 22.7 Å². The summed E-state index contributed by atoms with van der Waals surface area (Å²) in [4.78, 5) is 27.7. The molecule has 0 radical (unpaired) electrons. The average Bonchev–Trinajstić information content (AvgIpc) is 2.78. The molecule has 1 aliphatic heterocycles. The predicted octanol–water partition coefficient (Wildman–Crippen LogP) is 2.94. The van der Waals surface area contributed by atoms with Gasteiger partial charge in [-0.15, -0.1) is 0 Å². The number of ether oxygens (including phenoxy) is 1. The molecule has 0 bridgehead atoms. The van der Waals surface area contributed by atoms with E-state index in [2.05, 4.69) is 0 Å². The number of halogens is 1. The first-order valence-corrected chi connectivity index (χ1v) is 12.1. The van der Waals surface area contributed by atoms with E-state index in [1.54, 1.807) is 29.2 Å². The third kappa shape index (κ3) is 4.15. The van der Waals surface area contributed by atoms with E-state index in [-0.39, 0.29) is 22.1 Å². The molecule has 4 rings (SSSR count). The third-order valence-corrected chi connectivity index (χ3v) is 7.01. The Morgan fingerprint density at radius 2 is 1.73 bits per heavy atom. The molecule has 1 atom stereocenters. The molecule has 2 aliphatic rings. The van der Waals surface area contributed by atoms with Gasteiger partial charge in [0, 0.05) is 28.4 Å². The number of hydrogen-bond donors (Lipinski definition) is 2. The Hall–Kier alpha value is -3.14. The summed E-state index contributed by atoms with van der Waals surface area (Å²) < 4.78 is 28.4. The molecule has 0 fully saturated rings. The van der Waals surface area contributed by atoms with Gasteiger partial charge >= 0.3 is 5.97 Å². The second-order valence-electron chi connectivity index (χ2n) is 7.79. The molecule has 4 N–H and O–H groups in total. The summed E-state index contributed by atoms with van der Waals surface area (Å²) in [6.45, 7) is 0. The van der Waals surface area contributed by atoms with Gasteiger partial charge in [0.2, 0.25) is 10.0 Å². The maximum Gasteiger partial charge on any atom is 0.338 e. The molecule has 0 saturated carbocycles. The Morgan fingerprint density at radius 3 is 2.30 bits per heavy atom. The van der Waals surface area contributed by atoms with E-state index in [1.807, 2.05) is 0 Å². The van der Waals surface area contributed by atoms with Crippen molar-refractivity contribution in [2.45, 2.75) is 30.1 Å². The second-order valence-corrected chi connectivity index (χ2v) is 9.78. The molecule has 10 heteroatoms. The number of hydrogen-bond acceptors (Lipinski definition) is 7. The number of benzene rings is 2. The third-order valence-electron chi connectivity index (χ3n) is 5.82. The Kier molecular flexibility index (Phi) is 6.04. The number of esters is 1. The van der Waals surface area contributed by atoms with Crippen molar-refractivity contribution in [3.63, 3.8) is 0 Å². The van der Waals surface area contributed by atoms with E-state index in [4.69, 9.17) is 27.2 Å². The van der Waals surface area contributed by atoms with Gasteiger partial charge in [0.15, 0.2) is 5.78 Å². The lowest BCUT2D eigenvalue weighted by Crippen LogP contribution is -2.40. The highest BCUT2D eigenvalue weighted by Gasteiger charge is 2.43. The topological polar surface area (TPSA) is 133 Å². The Morgan fingerprint density at radius 1 is 1.09 bits per heavy atom. The molecule has 0 amide bonds. The molecule has 2 aromatic rings. The maximum atomic E-state index is 13.2. The number of carbonyl (C=O) groups excluding carboxylic acids is 2. The minimum absolute atomic E-state index is 0.0630. The van der Waals surface area contributed by atoms with Crippen LogP contribution >= 0.6 is 11.6 Å². The van der Waals surface area contributed by atoms with Gasteiger partial charge in [0.05, 0.1) is 23.5 Å².